The van der Waals surface area contributed by atoms with Crippen molar-refractivity contribution in [2.45, 2.75) is 6.54 Å². The first-order valence-electron chi connectivity index (χ1n) is 8.89. The third kappa shape index (κ3) is 4.72. The Labute approximate surface area is 173 Å². The summed E-state index contributed by atoms with van der Waals surface area (Å²) < 4.78 is 26.3. The molecular formula is C20H22N4O6. The van der Waals surface area contributed by atoms with Gasteiger partial charge in [0.15, 0.2) is 11.5 Å². The second-order valence-electron chi connectivity index (χ2n) is 5.97. The van der Waals surface area contributed by atoms with Crippen molar-refractivity contribution in [3.8, 4) is 34.4 Å². The first-order chi connectivity index (χ1) is 14.6. The van der Waals surface area contributed by atoms with E-state index < -0.39 is 6.03 Å². The lowest BCUT2D eigenvalue weighted by Gasteiger charge is -2.12. The number of benzene rings is 2. The lowest BCUT2D eigenvalue weighted by Crippen LogP contribution is -2.28. The van der Waals surface area contributed by atoms with Gasteiger partial charge in [0.05, 0.1) is 35.0 Å². The number of ether oxygens (including phenoxy) is 4. The Kier molecular flexibility index (Phi) is 6.58. The predicted octanol–water partition coefficient (Wildman–Crippen LogP) is 3.09. The van der Waals surface area contributed by atoms with Crippen molar-refractivity contribution in [2.24, 2.45) is 0 Å². The Morgan fingerprint density at radius 3 is 2.37 bits per heavy atom. The van der Waals surface area contributed by atoms with Crippen LogP contribution in [-0.4, -0.2) is 44.6 Å². The van der Waals surface area contributed by atoms with E-state index in [4.69, 9.17) is 23.5 Å². The molecule has 3 rings (SSSR count). The Hall–Kier alpha value is -3.95. The molecule has 2 aromatic carbocycles. The van der Waals surface area contributed by atoms with Crippen molar-refractivity contribution in [3.63, 3.8) is 0 Å². The molecule has 10 heteroatoms. The molecular weight excluding hydrogens is 392 g/mol. The second-order valence-corrected chi connectivity index (χ2v) is 5.97. The van der Waals surface area contributed by atoms with Gasteiger partial charge in [-0.3, -0.25) is 0 Å². The summed E-state index contributed by atoms with van der Waals surface area (Å²) in [7, 11) is 6.12. The van der Waals surface area contributed by atoms with Crippen molar-refractivity contribution >= 4 is 11.7 Å². The van der Waals surface area contributed by atoms with Crippen LogP contribution in [0.5, 0.6) is 23.0 Å². The van der Waals surface area contributed by atoms with E-state index in [1.54, 1.807) is 43.5 Å². The van der Waals surface area contributed by atoms with Crippen LogP contribution < -0.4 is 29.6 Å². The maximum atomic E-state index is 12.1. The summed E-state index contributed by atoms with van der Waals surface area (Å²) in [5.74, 6) is 2.59. The molecule has 0 radical (unpaired) electrons. The molecule has 0 fully saturated rings. The molecule has 0 aliphatic heterocycles. The molecule has 0 unspecified atom stereocenters. The number of hydrogen-bond acceptors (Lipinski definition) is 8. The molecule has 10 nitrogen and oxygen atoms in total. The van der Waals surface area contributed by atoms with Crippen LogP contribution in [0, 0.1) is 0 Å². The highest BCUT2D eigenvalue weighted by atomic mass is 16.5. The third-order valence-corrected chi connectivity index (χ3v) is 4.12. The van der Waals surface area contributed by atoms with Crippen LogP contribution in [0.3, 0.4) is 0 Å². The van der Waals surface area contributed by atoms with Crippen LogP contribution in [0.1, 0.15) is 5.89 Å². The number of anilines is 1. The minimum atomic E-state index is -0.421. The number of carbonyl (C=O) groups is 1. The average Bonchev–Trinajstić information content (AvgIpc) is 3.25. The Morgan fingerprint density at radius 2 is 1.73 bits per heavy atom. The summed E-state index contributed by atoms with van der Waals surface area (Å²) in [6.07, 6.45) is 0. The Bertz CT molecular complexity index is 995. The van der Waals surface area contributed by atoms with Crippen molar-refractivity contribution < 1.29 is 28.3 Å². The van der Waals surface area contributed by atoms with Gasteiger partial charge in [-0.1, -0.05) is 11.2 Å². The zero-order chi connectivity index (χ0) is 21.5. The van der Waals surface area contributed by atoms with Gasteiger partial charge in [0, 0.05) is 17.3 Å². The fourth-order valence-electron chi connectivity index (χ4n) is 2.69. The molecule has 30 heavy (non-hydrogen) atoms. The third-order valence-electron chi connectivity index (χ3n) is 4.12. The first-order valence-corrected chi connectivity index (χ1v) is 8.89. The summed E-state index contributed by atoms with van der Waals surface area (Å²) >= 11 is 0. The highest BCUT2D eigenvalue weighted by Gasteiger charge is 2.17. The SMILES string of the molecule is COc1cccc(NC(=O)NCc2nc(-c3cc(OC)c(OC)c(OC)c3)no2)c1. The summed E-state index contributed by atoms with van der Waals surface area (Å²) in [4.78, 5) is 16.4. The molecule has 0 atom stereocenters. The molecule has 0 saturated carbocycles. The molecule has 2 amide bonds. The molecule has 0 spiro atoms. The summed E-state index contributed by atoms with van der Waals surface area (Å²) in [6, 6.07) is 10.0. The van der Waals surface area contributed by atoms with Crippen LogP contribution >= 0.6 is 0 Å². The molecule has 2 N–H and O–H groups in total. The zero-order valence-electron chi connectivity index (χ0n) is 17.0. The topological polar surface area (TPSA) is 117 Å². The van der Waals surface area contributed by atoms with Gasteiger partial charge in [0.2, 0.25) is 17.5 Å². The quantitative estimate of drug-likeness (QED) is 0.577. The Balaban J connectivity index is 1.67. The van der Waals surface area contributed by atoms with Crippen LogP contribution in [0.15, 0.2) is 40.9 Å². The van der Waals surface area contributed by atoms with Crippen LogP contribution in [0.2, 0.25) is 0 Å². The fraction of sp³-hybridized carbons (Fsp3) is 0.250. The van der Waals surface area contributed by atoms with Gasteiger partial charge in [-0.25, -0.2) is 4.79 Å². The molecule has 0 aliphatic rings. The lowest BCUT2D eigenvalue weighted by atomic mass is 10.1. The van der Waals surface area contributed by atoms with Crippen molar-refractivity contribution in [2.75, 3.05) is 33.8 Å². The Morgan fingerprint density at radius 1 is 1.00 bits per heavy atom. The highest BCUT2D eigenvalue weighted by Crippen LogP contribution is 2.40. The van der Waals surface area contributed by atoms with E-state index in [2.05, 4.69) is 20.8 Å². The molecule has 0 bridgehead atoms. The van der Waals surface area contributed by atoms with Gasteiger partial charge in [-0.05, 0) is 24.3 Å². The number of methoxy groups -OCH3 is 4. The maximum absolute atomic E-state index is 12.1. The summed E-state index contributed by atoms with van der Waals surface area (Å²) in [5.41, 5.74) is 1.20. The van der Waals surface area contributed by atoms with Crippen LogP contribution in [0.4, 0.5) is 10.5 Å². The van der Waals surface area contributed by atoms with E-state index in [1.165, 1.54) is 21.3 Å². The van der Waals surface area contributed by atoms with E-state index in [0.29, 0.717) is 40.1 Å². The van der Waals surface area contributed by atoms with E-state index in [1.807, 2.05) is 0 Å². The van der Waals surface area contributed by atoms with E-state index in [9.17, 15) is 4.79 Å². The normalized spacial score (nSPS) is 10.3. The summed E-state index contributed by atoms with van der Waals surface area (Å²) in [6.45, 7) is 0.0488. The summed E-state index contributed by atoms with van der Waals surface area (Å²) in [5, 5.41) is 9.31. The van der Waals surface area contributed by atoms with Gasteiger partial charge < -0.3 is 34.1 Å². The monoisotopic (exact) mass is 414 g/mol. The number of hydrogen-bond donors (Lipinski definition) is 2. The van der Waals surface area contributed by atoms with E-state index in [-0.39, 0.29) is 12.4 Å². The zero-order valence-corrected chi connectivity index (χ0v) is 17.0. The predicted molar refractivity (Wildman–Crippen MR) is 108 cm³/mol. The van der Waals surface area contributed by atoms with Crippen molar-refractivity contribution in [3.05, 3.63) is 42.3 Å². The second kappa shape index (κ2) is 9.50. The number of nitrogens with one attached hydrogen (secondary N) is 2. The van der Waals surface area contributed by atoms with E-state index >= 15 is 0 Å². The molecule has 1 heterocycles. The number of aromatic nitrogens is 2. The average molecular weight is 414 g/mol. The number of carbonyl (C=O) groups excluding carboxylic acids is 1. The number of urea groups is 1. The maximum Gasteiger partial charge on any atom is 0.319 e. The van der Waals surface area contributed by atoms with Crippen molar-refractivity contribution in [1.82, 2.24) is 15.5 Å². The smallest absolute Gasteiger partial charge is 0.319 e. The van der Waals surface area contributed by atoms with Crippen LogP contribution in [-0.2, 0) is 6.54 Å². The lowest BCUT2D eigenvalue weighted by molar-refractivity contribution is 0.249. The standard InChI is InChI=1S/C20H22N4O6/c1-26-14-7-5-6-13(10-14)22-20(25)21-11-17-23-19(24-30-17)12-8-15(27-2)18(29-4)16(9-12)28-3/h5-10H,11H2,1-4H3,(H2,21,22,25). The van der Waals surface area contributed by atoms with E-state index in [0.717, 1.165) is 0 Å². The van der Waals surface area contributed by atoms with Gasteiger partial charge in [-0.2, -0.15) is 4.98 Å². The highest BCUT2D eigenvalue weighted by molar-refractivity contribution is 5.89. The van der Waals surface area contributed by atoms with Crippen LogP contribution in [0.25, 0.3) is 11.4 Å². The van der Waals surface area contributed by atoms with Gasteiger partial charge in [0.1, 0.15) is 5.75 Å². The molecule has 158 valence electrons. The first kappa shape index (κ1) is 20.8. The van der Waals surface area contributed by atoms with Gasteiger partial charge in [0.25, 0.3) is 0 Å². The number of nitrogens with zero attached hydrogens (tertiary/aromatic N) is 2. The molecule has 1 aromatic heterocycles. The minimum absolute atomic E-state index is 0.0488. The number of amides is 2. The molecule has 0 aliphatic carbocycles. The number of rotatable bonds is 8. The molecule has 0 saturated heterocycles. The fourth-order valence-corrected chi connectivity index (χ4v) is 2.69. The van der Waals surface area contributed by atoms with Crippen molar-refractivity contribution in [1.29, 1.82) is 0 Å². The minimum Gasteiger partial charge on any atom is -0.497 e. The van der Waals surface area contributed by atoms with Gasteiger partial charge in [-0.15, -0.1) is 0 Å². The largest absolute Gasteiger partial charge is 0.497 e. The van der Waals surface area contributed by atoms with Gasteiger partial charge >= 0.3 is 6.03 Å². The molecule has 3 aromatic rings.